The van der Waals surface area contributed by atoms with Crippen molar-refractivity contribution in [2.24, 2.45) is 0 Å². The number of rotatable bonds is 3. The van der Waals surface area contributed by atoms with Gasteiger partial charge in [-0.1, -0.05) is 23.2 Å². The van der Waals surface area contributed by atoms with E-state index in [-0.39, 0.29) is 11.8 Å². The maximum atomic E-state index is 12.6. The Kier molecular flexibility index (Phi) is 5.45. The van der Waals surface area contributed by atoms with E-state index in [1.807, 2.05) is 6.92 Å². The summed E-state index contributed by atoms with van der Waals surface area (Å²) in [5, 5.41) is 6.64. The van der Waals surface area contributed by atoms with Gasteiger partial charge in [-0.05, 0) is 25.1 Å². The van der Waals surface area contributed by atoms with Crippen LogP contribution in [0.25, 0.3) is 0 Å². The van der Waals surface area contributed by atoms with Crippen LogP contribution in [0.5, 0.6) is 0 Å². The largest absolute Gasteiger partial charge is 0.355 e. The summed E-state index contributed by atoms with van der Waals surface area (Å²) in [7, 11) is 0. The molecule has 2 amide bonds. The van der Waals surface area contributed by atoms with Crippen molar-refractivity contribution in [3.05, 3.63) is 33.8 Å². The predicted molar refractivity (Wildman–Crippen MR) is 82.8 cm³/mol. The number of hydrogen-bond donors (Lipinski definition) is 2. The summed E-state index contributed by atoms with van der Waals surface area (Å²) in [6.45, 7) is 3.91. The Morgan fingerprint density at radius 2 is 2.19 bits per heavy atom. The van der Waals surface area contributed by atoms with Crippen molar-refractivity contribution in [1.82, 2.24) is 15.5 Å². The van der Waals surface area contributed by atoms with Gasteiger partial charge in [-0.3, -0.25) is 9.59 Å². The third-order valence-electron chi connectivity index (χ3n) is 3.32. The molecule has 7 heteroatoms. The highest BCUT2D eigenvalue weighted by molar-refractivity contribution is 6.36. The van der Waals surface area contributed by atoms with Crippen LogP contribution in [0.2, 0.25) is 10.0 Å². The van der Waals surface area contributed by atoms with Crippen LogP contribution in [0.4, 0.5) is 0 Å². The lowest BCUT2D eigenvalue weighted by atomic mass is 10.1. The van der Waals surface area contributed by atoms with Crippen LogP contribution < -0.4 is 10.6 Å². The van der Waals surface area contributed by atoms with Crippen molar-refractivity contribution in [3.8, 4) is 0 Å². The van der Waals surface area contributed by atoms with Crippen molar-refractivity contribution in [1.29, 1.82) is 0 Å². The van der Waals surface area contributed by atoms with Crippen LogP contribution in [0.3, 0.4) is 0 Å². The number of benzene rings is 1. The van der Waals surface area contributed by atoms with Crippen molar-refractivity contribution in [2.45, 2.75) is 13.0 Å². The number of likely N-dealkylation sites (N-methyl/N-ethyl adjacent to an activating group) is 1. The monoisotopic (exact) mass is 329 g/mol. The topological polar surface area (TPSA) is 61.4 Å². The molecule has 0 bridgehead atoms. The van der Waals surface area contributed by atoms with Gasteiger partial charge in [0, 0.05) is 31.2 Å². The van der Waals surface area contributed by atoms with E-state index in [0.717, 1.165) is 0 Å². The zero-order valence-corrected chi connectivity index (χ0v) is 13.2. The Bertz CT molecular complexity index is 551. The number of piperazine rings is 1. The van der Waals surface area contributed by atoms with E-state index in [1.165, 1.54) is 6.07 Å². The third kappa shape index (κ3) is 3.67. The first-order chi connectivity index (χ1) is 10.0. The molecule has 0 aliphatic carbocycles. The number of nitrogens with one attached hydrogen (secondary N) is 2. The van der Waals surface area contributed by atoms with Crippen LogP contribution in [0.15, 0.2) is 18.2 Å². The quantitative estimate of drug-likeness (QED) is 0.884. The number of carbonyl (C=O) groups excluding carboxylic acids is 2. The summed E-state index contributed by atoms with van der Waals surface area (Å²) >= 11 is 11.9. The smallest absolute Gasteiger partial charge is 0.256 e. The highest BCUT2D eigenvalue weighted by Crippen LogP contribution is 2.23. The summed E-state index contributed by atoms with van der Waals surface area (Å²) in [5.41, 5.74) is 0.359. The molecule has 0 spiro atoms. The third-order valence-corrected chi connectivity index (χ3v) is 3.87. The summed E-state index contributed by atoms with van der Waals surface area (Å²) in [6.07, 6.45) is 0. The van der Waals surface area contributed by atoms with Crippen LogP contribution in [0, 0.1) is 0 Å². The van der Waals surface area contributed by atoms with Crippen molar-refractivity contribution >= 4 is 35.0 Å². The first-order valence-corrected chi connectivity index (χ1v) is 7.54. The van der Waals surface area contributed by atoms with Gasteiger partial charge in [0.15, 0.2) is 0 Å². The predicted octanol–water partition coefficient (Wildman–Crippen LogP) is 1.54. The fraction of sp³-hybridized carbons (Fsp3) is 0.429. The number of hydrogen-bond acceptors (Lipinski definition) is 3. The molecule has 1 aliphatic heterocycles. The molecule has 1 fully saturated rings. The molecule has 1 aromatic carbocycles. The second kappa shape index (κ2) is 7.11. The number of carbonyl (C=O) groups is 2. The minimum Gasteiger partial charge on any atom is -0.355 e. The number of nitrogens with zero attached hydrogens (tertiary/aromatic N) is 1. The van der Waals surface area contributed by atoms with Gasteiger partial charge in [0.25, 0.3) is 5.91 Å². The van der Waals surface area contributed by atoms with Gasteiger partial charge in [0.1, 0.15) is 6.04 Å². The van der Waals surface area contributed by atoms with E-state index in [1.54, 1.807) is 17.0 Å². The molecular weight excluding hydrogens is 313 g/mol. The van der Waals surface area contributed by atoms with E-state index < -0.39 is 6.04 Å². The molecule has 21 heavy (non-hydrogen) atoms. The first-order valence-electron chi connectivity index (χ1n) is 6.79. The second-order valence-electron chi connectivity index (χ2n) is 4.74. The van der Waals surface area contributed by atoms with E-state index in [0.29, 0.717) is 41.8 Å². The molecule has 1 aromatic rings. The van der Waals surface area contributed by atoms with Gasteiger partial charge < -0.3 is 15.5 Å². The SMILES string of the molecule is CCNC(=O)C1CNCCN1C(=O)c1ccc(Cl)cc1Cl. The van der Waals surface area contributed by atoms with E-state index >= 15 is 0 Å². The summed E-state index contributed by atoms with van der Waals surface area (Å²) in [6, 6.07) is 4.20. The van der Waals surface area contributed by atoms with Gasteiger partial charge in [-0.25, -0.2) is 0 Å². The van der Waals surface area contributed by atoms with Crippen molar-refractivity contribution < 1.29 is 9.59 Å². The average molecular weight is 330 g/mol. The van der Waals surface area contributed by atoms with E-state index in [2.05, 4.69) is 10.6 Å². The van der Waals surface area contributed by atoms with Crippen LogP contribution in [0.1, 0.15) is 17.3 Å². The molecule has 1 aliphatic rings. The van der Waals surface area contributed by atoms with Gasteiger partial charge in [0.2, 0.25) is 5.91 Å². The van der Waals surface area contributed by atoms with Gasteiger partial charge in [-0.15, -0.1) is 0 Å². The zero-order chi connectivity index (χ0) is 15.4. The van der Waals surface area contributed by atoms with E-state index in [4.69, 9.17) is 23.2 Å². The lowest BCUT2D eigenvalue weighted by Gasteiger charge is -2.35. The van der Waals surface area contributed by atoms with Gasteiger partial charge in [0.05, 0.1) is 10.6 Å². The molecule has 114 valence electrons. The Labute approximate surface area is 133 Å². The molecule has 2 N–H and O–H groups in total. The molecule has 1 heterocycles. The van der Waals surface area contributed by atoms with Crippen LogP contribution >= 0.6 is 23.2 Å². The van der Waals surface area contributed by atoms with Crippen LogP contribution in [-0.2, 0) is 4.79 Å². The normalized spacial score (nSPS) is 18.4. The highest BCUT2D eigenvalue weighted by Gasteiger charge is 2.32. The standard InChI is InChI=1S/C14H17Cl2N3O2/c1-2-18-13(20)12-8-17-5-6-19(12)14(21)10-4-3-9(15)7-11(10)16/h3-4,7,12,17H,2,5-6,8H2,1H3,(H,18,20). The van der Waals surface area contributed by atoms with Crippen molar-refractivity contribution in [3.63, 3.8) is 0 Å². The Hall–Kier alpha value is -1.30. The Morgan fingerprint density at radius 3 is 2.86 bits per heavy atom. The van der Waals surface area contributed by atoms with Gasteiger partial charge in [-0.2, -0.15) is 0 Å². The zero-order valence-electron chi connectivity index (χ0n) is 11.7. The molecule has 0 aromatic heterocycles. The molecule has 1 unspecified atom stereocenters. The summed E-state index contributed by atoms with van der Waals surface area (Å²) in [5.74, 6) is -0.419. The minimum atomic E-state index is -0.530. The number of halogens is 2. The first kappa shape index (κ1) is 16.1. The molecule has 5 nitrogen and oxygen atoms in total. The molecule has 1 saturated heterocycles. The minimum absolute atomic E-state index is 0.164. The maximum Gasteiger partial charge on any atom is 0.256 e. The fourth-order valence-corrected chi connectivity index (χ4v) is 2.78. The lowest BCUT2D eigenvalue weighted by Crippen LogP contribution is -2.59. The molecule has 2 rings (SSSR count). The molecular formula is C14H17Cl2N3O2. The van der Waals surface area contributed by atoms with Crippen molar-refractivity contribution in [2.75, 3.05) is 26.2 Å². The van der Waals surface area contributed by atoms with Gasteiger partial charge >= 0.3 is 0 Å². The maximum absolute atomic E-state index is 12.6. The lowest BCUT2D eigenvalue weighted by molar-refractivity contribution is -0.126. The Balaban J connectivity index is 2.24. The number of amides is 2. The second-order valence-corrected chi connectivity index (χ2v) is 5.58. The van der Waals surface area contributed by atoms with Crippen LogP contribution in [-0.4, -0.2) is 48.9 Å². The molecule has 0 radical (unpaired) electrons. The molecule has 1 atom stereocenters. The molecule has 0 saturated carbocycles. The summed E-state index contributed by atoms with van der Waals surface area (Å²) in [4.78, 5) is 26.3. The fourth-order valence-electron chi connectivity index (χ4n) is 2.29. The van der Waals surface area contributed by atoms with E-state index in [9.17, 15) is 9.59 Å². The Morgan fingerprint density at radius 1 is 1.43 bits per heavy atom. The highest BCUT2D eigenvalue weighted by atomic mass is 35.5. The average Bonchev–Trinajstić information content (AvgIpc) is 2.47. The summed E-state index contributed by atoms with van der Waals surface area (Å²) < 4.78 is 0.